The van der Waals surface area contributed by atoms with Gasteiger partial charge >= 0.3 is 5.97 Å². The lowest BCUT2D eigenvalue weighted by Crippen LogP contribution is -2.28. The Hall–Kier alpha value is -2.95. The van der Waals surface area contributed by atoms with E-state index in [1.165, 1.54) is 0 Å². The number of carbonyl (C=O) groups is 1. The van der Waals surface area contributed by atoms with E-state index in [2.05, 4.69) is 0 Å². The van der Waals surface area contributed by atoms with Crippen LogP contribution in [0.25, 0.3) is 0 Å². The number of hydrogen-bond donors (Lipinski definition) is 1. The van der Waals surface area contributed by atoms with Crippen LogP contribution in [-0.2, 0) is 15.1 Å². The molecule has 1 unspecified atom stereocenters. The molecule has 1 saturated heterocycles. The molecule has 4 nitrogen and oxygen atoms in total. The van der Waals surface area contributed by atoms with Crippen LogP contribution in [-0.4, -0.2) is 30.4 Å². The summed E-state index contributed by atoms with van der Waals surface area (Å²) in [5, 5.41) is 11.7. The standard InChI is InChI=1S/C23H20O4/c24-22(27-16-21-15-26-21)17-11-13-20(14-12-17)23(25,18-7-3-1-4-8-18)19-9-5-2-6-10-19/h1-14,21,25H,15-16H2. The van der Waals surface area contributed by atoms with Crippen molar-refractivity contribution in [3.8, 4) is 0 Å². The molecule has 0 bridgehead atoms. The molecule has 0 saturated carbocycles. The van der Waals surface area contributed by atoms with Crippen molar-refractivity contribution in [3.05, 3.63) is 107 Å². The minimum atomic E-state index is -1.31. The average Bonchev–Trinajstić information content (AvgIpc) is 3.57. The number of ether oxygens (including phenoxy) is 2. The summed E-state index contributed by atoms with van der Waals surface area (Å²) < 4.78 is 10.3. The molecule has 0 aromatic heterocycles. The van der Waals surface area contributed by atoms with E-state index in [1.807, 2.05) is 60.7 Å². The third-order valence-corrected chi connectivity index (χ3v) is 4.72. The Labute approximate surface area is 158 Å². The molecule has 0 aliphatic carbocycles. The van der Waals surface area contributed by atoms with Crippen LogP contribution in [0, 0.1) is 0 Å². The predicted molar refractivity (Wildman–Crippen MR) is 101 cm³/mol. The van der Waals surface area contributed by atoms with Gasteiger partial charge in [-0.15, -0.1) is 0 Å². The zero-order valence-electron chi connectivity index (χ0n) is 14.7. The van der Waals surface area contributed by atoms with Crippen molar-refractivity contribution in [2.45, 2.75) is 11.7 Å². The molecule has 1 atom stereocenters. The van der Waals surface area contributed by atoms with E-state index in [0.717, 1.165) is 11.1 Å². The van der Waals surface area contributed by atoms with Gasteiger partial charge in [0.1, 0.15) is 18.3 Å². The Balaban J connectivity index is 1.67. The first-order valence-corrected chi connectivity index (χ1v) is 8.90. The van der Waals surface area contributed by atoms with Crippen LogP contribution >= 0.6 is 0 Å². The van der Waals surface area contributed by atoms with Gasteiger partial charge in [0.25, 0.3) is 0 Å². The Morgan fingerprint density at radius 2 is 1.37 bits per heavy atom. The van der Waals surface area contributed by atoms with Crippen LogP contribution in [0.2, 0.25) is 0 Å². The Morgan fingerprint density at radius 3 is 1.85 bits per heavy atom. The van der Waals surface area contributed by atoms with Crippen molar-refractivity contribution in [3.63, 3.8) is 0 Å². The number of benzene rings is 3. The van der Waals surface area contributed by atoms with Gasteiger partial charge in [-0.2, -0.15) is 0 Å². The van der Waals surface area contributed by atoms with Crippen molar-refractivity contribution < 1.29 is 19.4 Å². The zero-order valence-corrected chi connectivity index (χ0v) is 14.7. The number of aliphatic hydroxyl groups is 1. The molecule has 1 aliphatic rings. The molecule has 3 aromatic rings. The smallest absolute Gasteiger partial charge is 0.338 e. The van der Waals surface area contributed by atoms with Crippen LogP contribution in [0.15, 0.2) is 84.9 Å². The zero-order chi connectivity index (χ0) is 18.7. The van der Waals surface area contributed by atoms with Crippen LogP contribution in [0.3, 0.4) is 0 Å². The number of carbonyl (C=O) groups excluding carboxylic acids is 1. The van der Waals surface area contributed by atoms with Gasteiger partial charge in [0.05, 0.1) is 12.2 Å². The van der Waals surface area contributed by atoms with Crippen LogP contribution in [0.5, 0.6) is 0 Å². The maximum Gasteiger partial charge on any atom is 0.338 e. The quantitative estimate of drug-likeness (QED) is 0.415. The maximum absolute atomic E-state index is 12.1. The van der Waals surface area contributed by atoms with Gasteiger partial charge < -0.3 is 14.6 Å². The average molecular weight is 360 g/mol. The number of esters is 1. The first-order valence-electron chi connectivity index (χ1n) is 8.90. The van der Waals surface area contributed by atoms with Crippen LogP contribution < -0.4 is 0 Å². The second-order valence-corrected chi connectivity index (χ2v) is 6.57. The molecule has 3 aromatic carbocycles. The van der Waals surface area contributed by atoms with Gasteiger partial charge in [0.2, 0.25) is 0 Å². The predicted octanol–water partition coefficient (Wildman–Crippen LogP) is 3.53. The fourth-order valence-corrected chi connectivity index (χ4v) is 3.12. The summed E-state index contributed by atoms with van der Waals surface area (Å²) in [6.07, 6.45) is 0.0366. The van der Waals surface area contributed by atoms with E-state index >= 15 is 0 Å². The van der Waals surface area contributed by atoms with Gasteiger partial charge in [-0.1, -0.05) is 72.8 Å². The highest BCUT2D eigenvalue weighted by Crippen LogP contribution is 2.36. The molecule has 0 radical (unpaired) electrons. The molecule has 1 heterocycles. The summed E-state index contributed by atoms with van der Waals surface area (Å²) in [7, 11) is 0. The molecule has 1 fully saturated rings. The maximum atomic E-state index is 12.1. The van der Waals surface area contributed by atoms with E-state index in [0.29, 0.717) is 17.7 Å². The van der Waals surface area contributed by atoms with Crippen molar-refractivity contribution in [1.29, 1.82) is 0 Å². The molecule has 1 aliphatic heterocycles. The first kappa shape index (κ1) is 17.5. The molecular formula is C23H20O4. The summed E-state index contributed by atoms with van der Waals surface area (Å²) in [5.74, 6) is -0.389. The van der Waals surface area contributed by atoms with Crippen molar-refractivity contribution in [2.75, 3.05) is 13.2 Å². The lowest BCUT2D eigenvalue weighted by Gasteiger charge is -2.30. The summed E-state index contributed by atoms with van der Waals surface area (Å²) in [6, 6.07) is 25.9. The van der Waals surface area contributed by atoms with Gasteiger partial charge in [-0.3, -0.25) is 0 Å². The third-order valence-electron chi connectivity index (χ3n) is 4.72. The minimum Gasteiger partial charge on any atom is -0.459 e. The number of rotatable bonds is 6. The van der Waals surface area contributed by atoms with Gasteiger partial charge in [-0.25, -0.2) is 4.79 Å². The van der Waals surface area contributed by atoms with E-state index < -0.39 is 5.60 Å². The molecule has 4 rings (SSSR count). The summed E-state index contributed by atoms with van der Waals surface area (Å²) in [5.41, 5.74) is 1.34. The summed E-state index contributed by atoms with van der Waals surface area (Å²) >= 11 is 0. The van der Waals surface area contributed by atoms with Gasteiger partial charge in [0, 0.05) is 0 Å². The van der Waals surface area contributed by atoms with Crippen molar-refractivity contribution >= 4 is 5.97 Å². The second kappa shape index (κ2) is 7.35. The van der Waals surface area contributed by atoms with Crippen LogP contribution in [0.1, 0.15) is 27.0 Å². The highest BCUT2D eigenvalue weighted by molar-refractivity contribution is 5.89. The molecule has 27 heavy (non-hydrogen) atoms. The van der Waals surface area contributed by atoms with Gasteiger partial charge in [0.15, 0.2) is 0 Å². The number of epoxide rings is 1. The first-order chi connectivity index (χ1) is 13.2. The molecule has 0 spiro atoms. The lowest BCUT2D eigenvalue weighted by atomic mass is 9.80. The fourth-order valence-electron chi connectivity index (χ4n) is 3.12. The second-order valence-electron chi connectivity index (χ2n) is 6.57. The van der Waals surface area contributed by atoms with E-state index in [9.17, 15) is 9.90 Å². The fraction of sp³-hybridized carbons (Fsp3) is 0.174. The Kier molecular flexibility index (Phi) is 4.75. The highest BCUT2D eigenvalue weighted by Gasteiger charge is 2.33. The topological polar surface area (TPSA) is 59.1 Å². The normalized spacial score (nSPS) is 16.0. The van der Waals surface area contributed by atoms with Crippen molar-refractivity contribution in [2.24, 2.45) is 0 Å². The summed E-state index contributed by atoms with van der Waals surface area (Å²) in [4.78, 5) is 12.1. The van der Waals surface area contributed by atoms with E-state index in [4.69, 9.17) is 9.47 Å². The highest BCUT2D eigenvalue weighted by atomic mass is 16.6. The third kappa shape index (κ3) is 3.63. The Morgan fingerprint density at radius 1 is 0.889 bits per heavy atom. The molecule has 4 heteroatoms. The molecular weight excluding hydrogens is 340 g/mol. The lowest BCUT2D eigenvalue weighted by molar-refractivity contribution is 0.0476. The monoisotopic (exact) mass is 360 g/mol. The number of hydrogen-bond acceptors (Lipinski definition) is 4. The Bertz CT molecular complexity index is 861. The SMILES string of the molecule is O=C(OCC1CO1)c1ccc(C(O)(c2ccccc2)c2ccccc2)cc1. The molecule has 136 valence electrons. The van der Waals surface area contributed by atoms with E-state index in [1.54, 1.807) is 24.3 Å². The van der Waals surface area contributed by atoms with Crippen molar-refractivity contribution in [1.82, 2.24) is 0 Å². The minimum absolute atomic E-state index is 0.0366. The largest absolute Gasteiger partial charge is 0.459 e. The molecule has 0 amide bonds. The molecule has 1 N–H and O–H groups in total. The van der Waals surface area contributed by atoms with Gasteiger partial charge in [-0.05, 0) is 28.8 Å². The summed E-state index contributed by atoms with van der Waals surface area (Å²) in [6.45, 7) is 0.923. The van der Waals surface area contributed by atoms with E-state index in [-0.39, 0.29) is 18.7 Å². The van der Waals surface area contributed by atoms with Crippen LogP contribution in [0.4, 0.5) is 0 Å².